The molecule has 2 heterocycles. The molecule has 1 aliphatic heterocycles. The molecule has 1 aromatic rings. The third-order valence-electron chi connectivity index (χ3n) is 2.87. The van der Waals surface area contributed by atoms with Crippen LogP contribution in [-0.2, 0) is 19.4 Å². The third kappa shape index (κ3) is 1.28. The van der Waals surface area contributed by atoms with Crippen LogP contribution in [0.4, 0.5) is 0 Å². The van der Waals surface area contributed by atoms with Crippen LogP contribution in [0.3, 0.4) is 0 Å². The van der Waals surface area contributed by atoms with Crippen LogP contribution in [0.1, 0.15) is 50.1 Å². The lowest BCUT2D eigenvalue weighted by Gasteiger charge is -2.06. The van der Waals surface area contributed by atoms with Crippen LogP contribution in [0.5, 0.6) is 0 Å². The van der Waals surface area contributed by atoms with Crippen LogP contribution >= 0.6 is 0 Å². The van der Waals surface area contributed by atoms with Gasteiger partial charge in [-0.25, -0.2) is 0 Å². The molecule has 0 atom stereocenters. The zero-order valence-electron chi connectivity index (χ0n) is 8.80. The highest BCUT2D eigenvalue weighted by Crippen LogP contribution is 2.28. The molecule has 0 unspecified atom stereocenters. The first-order valence-electron chi connectivity index (χ1n) is 5.32. The van der Waals surface area contributed by atoms with Crippen LogP contribution in [0.2, 0.25) is 0 Å². The topological polar surface area (TPSA) is 17.8 Å². The summed E-state index contributed by atoms with van der Waals surface area (Å²) in [5.74, 6) is 0.636. The molecule has 1 aromatic heterocycles. The van der Waals surface area contributed by atoms with Crippen molar-refractivity contribution in [2.45, 2.75) is 52.5 Å². The predicted molar refractivity (Wildman–Crippen MR) is 54.0 cm³/mol. The Morgan fingerprint density at radius 3 is 2.85 bits per heavy atom. The van der Waals surface area contributed by atoms with Crippen molar-refractivity contribution in [1.82, 2.24) is 9.78 Å². The molecule has 0 spiro atoms. The largest absolute Gasteiger partial charge is 0.269 e. The number of fused-ring (bicyclic) bond motifs is 1. The molecule has 13 heavy (non-hydrogen) atoms. The standard InChI is InChI=1S/C11H18N2/c1-4-9-11(8(2)3)10-6-5-7-13(10)12-9/h8H,4-7H2,1-3H3. The van der Waals surface area contributed by atoms with Crippen LogP contribution in [-0.4, -0.2) is 9.78 Å². The Labute approximate surface area is 80.0 Å². The van der Waals surface area contributed by atoms with Crippen molar-refractivity contribution in [2.24, 2.45) is 0 Å². The number of hydrogen-bond donors (Lipinski definition) is 0. The van der Waals surface area contributed by atoms with Gasteiger partial charge in [-0.15, -0.1) is 0 Å². The minimum absolute atomic E-state index is 0.636. The Balaban J connectivity index is 2.49. The number of hydrogen-bond acceptors (Lipinski definition) is 1. The van der Waals surface area contributed by atoms with Gasteiger partial charge in [0, 0.05) is 12.2 Å². The highest BCUT2D eigenvalue weighted by Gasteiger charge is 2.21. The minimum Gasteiger partial charge on any atom is -0.269 e. The van der Waals surface area contributed by atoms with Crippen molar-refractivity contribution in [3.05, 3.63) is 17.0 Å². The summed E-state index contributed by atoms with van der Waals surface area (Å²) in [4.78, 5) is 0. The van der Waals surface area contributed by atoms with E-state index < -0.39 is 0 Å². The molecular formula is C11H18N2. The summed E-state index contributed by atoms with van der Waals surface area (Å²) in [7, 11) is 0. The molecule has 2 rings (SSSR count). The molecule has 0 aromatic carbocycles. The first-order chi connectivity index (χ1) is 6.24. The van der Waals surface area contributed by atoms with Crippen molar-refractivity contribution in [2.75, 3.05) is 0 Å². The van der Waals surface area contributed by atoms with Crippen LogP contribution in [0, 0.1) is 0 Å². The zero-order valence-corrected chi connectivity index (χ0v) is 8.80. The maximum absolute atomic E-state index is 4.65. The van der Waals surface area contributed by atoms with Crippen molar-refractivity contribution in [1.29, 1.82) is 0 Å². The van der Waals surface area contributed by atoms with Gasteiger partial charge < -0.3 is 0 Å². The third-order valence-corrected chi connectivity index (χ3v) is 2.87. The molecule has 72 valence electrons. The maximum Gasteiger partial charge on any atom is 0.0659 e. The van der Waals surface area contributed by atoms with Gasteiger partial charge in [0.2, 0.25) is 0 Å². The fourth-order valence-corrected chi connectivity index (χ4v) is 2.34. The summed E-state index contributed by atoms with van der Waals surface area (Å²) in [6.45, 7) is 7.88. The molecule has 0 fully saturated rings. The highest BCUT2D eigenvalue weighted by molar-refractivity contribution is 5.31. The van der Waals surface area contributed by atoms with Crippen molar-refractivity contribution >= 4 is 0 Å². The van der Waals surface area contributed by atoms with Gasteiger partial charge in [0.25, 0.3) is 0 Å². The van der Waals surface area contributed by atoms with Gasteiger partial charge in [0.15, 0.2) is 0 Å². The SMILES string of the molecule is CCc1nn2c(c1C(C)C)CCC2. The summed E-state index contributed by atoms with van der Waals surface area (Å²) < 4.78 is 2.22. The fraction of sp³-hybridized carbons (Fsp3) is 0.727. The smallest absolute Gasteiger partial charge is 0.0659 e. The summed E-state index contributed by atoms with van der Waals surface area (Å²) >= 11 is 0. The maximum atomic E-state index is 4.65. The summed E-state index contributed by atoms with van der Waals surface area (Å²) in [5.41, 5.74) is 4.36. The van der Waals surface area contributed by atoms with E-state index >= 15 is 0 Å². The lowest BCUT2D eigenvalue weighted by atomic mass is 9.98. The van der Waals surface area contributed by atoms with Crippen molar-refractivity contribution in [3.8, 4) is 0 Å². The summed E-state index contributed by atoms with van der Waals surface area (Å²) in [6, 6.07) is 0. The van der Waals surface area contributed by atoms with Crippen LogP contribution < -0.4 is 0 Å². The van der Waals surface area contributed by atoms with Crippen molar-refractivity contribution in [3.63, 3.8) is 0 Å². The molecule has 0 saturated heterocycles. The number of nitrogens with zero attached hydrogens (tertiary/aromatic N) is 2. The van der Waals surface area contributed by atoms with Gasteiger partial charge in [0.1, 0.15) is 0 Å². The van der Waals surface area contributed by atoms with Gasteiger partial charge >= 0.3 is 0 Å². The normalized spacial score (nSPS) is 15.4. The molecule has 0 aliphatic carbocycles. The van der Waals surface area contributed by atoms with Crippen LogP contribution in [0.25, 0.3) is 0 Å². The molecule has 0 saturated carbocycles. The second-order valence-corrected chi connectivity index (χ2v) is 4.14. The van der Waals surface area contributed by atoms with E-state index in [0.717, 1.165) is 13.0 Å². The molecule has 1 aliphatic rings. The second kappa shape index (κ2) is 3.17. The zero-order chi connectivity index (χ0) is 9.42. The first kappa shape index (κ1) is 8.79. The first-order valence-corrected chi connectivity index (χ1v) is 5.32. The fourth-order valence-electron chi connectivity index (χ4n) is 2.34. The van der Waals surface area contributed by atoms with Gasteiger partial charge in [-0.1, -0.05) is 20.8 Å². The number of aryl methyl sites for hydroxylation is 2. The molecule has 2 heteroatoms. The summed E-state index contributed by atoms with van der Waals surface area (Å²) in [6.07, 6.45) is 3.60. The van der Waals surface area contributed by atoms with Gasteiger partial charge in [0.05, 0.1) is 5.69 Å². The Kier molecular flexibility index (Phi) is 2.14. The summed E-state index contributed by atoms with van der Waals surface area (Å²) in [5, 5.41) is 4.65. The van der Waals surface area contributed by atoms with E-state index in [0.29, 0.717) is 5.92 Å². The lowest BCUT2D eigenvalue weighted by molar-refractivity contribution is 0.645. The quantitative estimate of drug-likeness (QED) is 0.680. The van der Waals surface area contributed by atoms with E-state index in [-0.39, 0.29) is 0 Å². The van der Waals surface area contributed by atoms with E-state index in [1.54, 1.807) is 0 Å². The number of rotatable bonds is 2. The second-order valence-electron chi connectivity index (χ2n) is 4.14. The highest BCUT2D eigenvalue weighted by atomic mass is 15.3. The molecule has 0 N–H and O–H groups in total. The number of aromatic nitrogens is 2. The Bertz CT molecular complexity index is 310. The predicted octanol–water partition coefficient (Wildman–Crippen LogP) is 2.52. The molecule has 0 bridgehead atoms. The van der Waals surface area contributed by atoms with E-state index in [9.17, 15) is 0 Å². The Morgan fingerprint density at radius 2 is 2.23 bits per heavy atom. The average Bonchev–Trinajstić information content (AvgIpc) is 2.59. The average molecular weight is 178 g/mol. The van der Waals surface area contributed by atoms with E-state index in [1.807, 2.05) is 0 Å². The minimum atomic E-state index is 0.636. The Hall–Kier alpha value is -0.790. The molecular weight excluding hydrogens is 160 g/mol. The van der Waals surface area contributed by atoms with Crippen LogP contribution in [0.15, 0.2) is 0 Å². The van der Waals surface area contributed by atoms with Gasteiger partial charge in [-0.3, -0.25) is 4.68 Å². The van der Waals surface area contributed by atoms with E-state index in [1.165, 1.54) is 29.8 Å². The van der Waals surface area contributed by atoms with Gasteiger partial charge in [-0.05, 0) is 30.7 Å². The molecule has 2 nitrogen and oxygen atoms in total. The van der Waals surface area contributed by atoms with Crippen molar-refractivity contribution < 1.29 is 0 Å². The lowest BCUT2D eigenvalue weighted by Crippen LogP contribution is -1.95. The monoisotopic (exact) mass is 178 g/mol. The van der Waals surface area contributed by atoms with E-state index in [4.69, 9.17) is 0 Å². The Morgan fingerprint density at radius 1 is 1.46 bits per heavy atom. The molecule has 0 amide bonds. The molecule has 0 radical (unpaired) electrons. The van der Waals surface area contributed by atoms with E-state index in [2.05, 4.69) is 30.6 Å². The van der Waals surface area contributed by atoms with Gasteiger partial charge in [-0.2, -0.15) is 5.10 Å².